The van der Waals surface area contributed by atoms with E-state index in [9.17, 15) is 14.4 Å². The highest BCUT2D eigenvalue weighted by Gasteiger charge is 2.33. The van der Waals surface area contributed by atoms with E-state index in [1.165, 1.54) is 0 Å². The number of rotatable bonds is 5. The number of carbonyl (C=O) groups excluding carboxylic acids is 2. The van der Waals surface area contributed by atoms with Crippen molar-refractivity contribution in [3.63, 3.8) is 0 Å². The Labute approximate surface area is 111 Å². The van der Waals surface area contributed by atoms with Crippen molar-refractivity contribution in [2.45, 2.75) is 44.7 Å². The molecule has 1 aliphatic heterocycles. The van der Waals surface area contributed by atoms with Gasteiger partial charge < -0.3 is 21.5 Å². The molecule has 3 unspecified atom stereocenters. The van der Waals surface area contributed by atoms with Crippen LogP contribution in [0.25, 0.3) is 0 Å². The third-order valence-corrected chi connectivity index (χ3v) is 3.55. The molecule has 0 aromatic heterocycles. The third-order valence-electron chi connectivity index (χ3n) is 3.55. The van der Waals surface area contributed by atoms with Crippen molar-refractivity contribution in [3.8, 4) is 0 Å². The van der Waals surface area contributed by atoms with E-state index < -0.39 is 17.9 Å². The van der Waals surface area contributed by atoms with Gasteiger partial charge in [0.15, 0.2) is 0 Å². The lowest BCUT2D eigenvalue weighted by Crippen LogP contribution is -2.53. The summed E-state index contributed by atoms with van der Waals surface area (Å²) in [7, 11) is 0. The number of nitrogens with two attached hydrogens (primary N) is 2. The van der Waals surface area contributed by atoms with Crippen LogP contribution in [0.15, 0.2) is 0 Å². The second-order valence-corrected chi connectivity index (χ2v) is 5.06. The van der Waals surface area contributed by atoms with Crippen LogP contribution in [0.2, 0.25) is 0 Å². The fourth-order valence-corrected chi connectivity index (χ4v) is 2.26. The molecule has 0 radical (unpaired) electrons. The van der Waals surface area contributed by atoms with Crippen LogP contribution in [-0.2, 0) is 14.4 Å². The number of aliphatic carboxylic acids is 1. The minimum Gasteiger partial charge on any atom is -0.481 e. The molecule has 108 valence electrons. The van der Waals surface area contributed by atoms with Gasteiger partial charge in [-0.3, -0.25) is 14.4 Å². The van der Waals surface area contributed by atoms with Crippen molar-refractivity contribution >= 4 is 17.8 Å². The van der Waals surface area contributed by atoms with Gasteiger partial charge in [-0.25, -0.2) is 0 Å². The van der Waals surface area contributed by atoms with Gasteiger partial charge in [0.1, 0.15) is 0 Å². The summed E-state index contributed by atoms with van der Waals surface area (Å²) in [5.41, 5.74) is 11.0. The van der Waals surface area contributed by atoms with Crippen LogP contribution >= 0.6 is 0 Å². The Kier molecular flexibility index (Phi) is 5.29. The first-order valence-corrected chi connectivity index (χ1v) is 6.40. The van der Waals surface area contributed by atoms with E-state index in [2.05, 4.69) is 0 Å². The smallest absolute Gasteiger partial charge is 0.303 e. The Balaban J connectivity index is 2.62. The van der Waals surface area contributed by atoms with Gasteiger partial charge in [-0.05, 0) is 26.2 Å². The summed E-state index contributed by atoms with van der Waals surface area (Å²) in [4.78, 5) is 35.3. The molecule has 7 nitrogen and oxygen atoms in total. The number of carboxylic acid groups (broad SMARTS) is 1. The molecule has 0 saturated carbocycles. The van der Waals surface area contributed by atoms with Gasteiger partial charge in [-0.1, -0.05) is 0 Å². The van der Waals surface area contributed by atoms with Crippen molar-refractivity contribution < 1.29 is 19.5 Å². The van der Waals surface area contributed by atoms with Crippen LogP contribution in [0.3, 0.4) is 0 Å². The number of carbonyl (C=O) groups is 3. The molecule has 3 atom stereocenters. The summed E-state index contributed by atoms with van der Waals surface area (Å²) in [5.74, 6) is -2.04. The van der Waals surface area contributed by atoms with Gasteiger partial charge in [0.05, 0.1) is 12.0 Å². The van der Waals surface area contributed by atoms with Crippen molar-refractivity contribution in [1.82, 2.24) is 4.90 Å². The van der Waals surface area contributed by atoms with Crippen LogP contribution in [0.1, 0.15) is 32.6 Å². The Hall–Kier alpha value is -1.63. The fourth-order valence-electron chi connectivity index (χ4n) is 2.26. The highest BCUT2D eigenvalue weighted by molar-refractivity contribution is 5.84. The molecule has 0 spiro atoms. The van der Waals surface area contributed by atoms with Crippen LogP contribution in [0.4, 0.5) is 0 Å². The lowest BCUT2D eigenvalue weighted by Gasteiger charge is -2.38. The van der Waals surface area contributed by atoms with Gasteiger partial charge in [-0.15, -0.1) is 0 Å². The first-order chi connectivity index (χ1) is 8.82. The predicted molar refractivity (Wildman–Crippen MR) is 67.9 cm³/mol. The average molecular weight is 271 g/mol. The number of likely N-dealkylation sites (tertiary alicyclic amines) is 1. The number of hydrogen-bond acceptors (Lipinski definition) is 4. The summed E-state index contributed by atoms with van der Waals surface area (Å²) in [6.45, 7) is 2.16. The zero-order valence-electron chi connectivity index (χ0n) is 11.0. The molecule has 2 amide bonds. The minimum atomic E-state index is -0.982. The molecule has 1 heterocycles. The number of hydrogen-bond donors (Lipinski definition) is 3. The van der Waals surface area contributed by atoms with E-state index in [0.717, 1.165) is 0 Å². The topological polar surface area (TPSA) is 127 Å². The van der Waals surface area contributed by atoms with E-state index in [0.29, 0.717) is 12.8 Å². The van der Waals surface area contributed by atoms with E-state index in [1.807, 2.05) is 6.92 Å². The van der Waals surface area contributed by atoms with E-state index >= 15 is 0 Å². The second kappa shape index (κ2) is 6.51. The number of amides is 2. The molecule has 0 aliphatic carbocycles. The summed E-state index contributed by atoms with van der Waals surface area (Å²) in [6.07, 6.45) is 1.32. The van der Waals surface area contributed by atoms with E-state index in [1.54, 1.807) is 4.90 Å². The zero-order chi connectivity index (χ0) is 14.6. The normalized spacial score (nSPS) is 24.8. The summed E-state index contributed by atoms with van der Waals surface area (Å²) >= 11 is 0. The number of carboxylic acids is 1. The molecule has 5 N–H and O–H groups in total. The maximum absolute atomic E-state index is 12.1. The summed E-state index contributed by atoms with van der Waals surface area (Å²) in [6, 6.07) is -0.843. The number of piperidine rings is 1. The van der Waals surface area contributed by atoms with Crippen LogP contribution in [0, 0.1) is 5.92 Å². The molecule has 0 aromatic rings. The maximum Gasteiger partial charge on any atom is 0.303 e. The first-order valence-electron chi connectivity index (χ1n) is 6.40. The van der Waals surface area contributed by atoms with Crippen molar-refractivity contribution in [3.05, 3.63) is 0 Å². The molecule has 19 heavy (non-hydrogen) atoms. The van der Waals surface area contributed by atoms with Gasteiger partial charge >= 0.3 is 5.97 Å². The average Bonchev–Trinajstić information content (AvgIpc) is 2.35. The lowest BCUT2D eigenvalue weighted by molar-refractivity contribution is -0.139. The molecule has 1 aliphatic rings. The lowest BCUT2D eigenvalue weighted by atomic mass is 9.92. The van der Waals surface area contributed by atoms with Crippen molar-refractivity contribution in [2.75, 3.05) is 6.54 Å². The molecule has 7 heteroatoms. The standard InChI is InChI=1S/C12H21N3O4/c1-7-2-3-8(11(14)18)6-15(7)12(19)9(13)4-5-10(16)17/h7-9H,2-6,13H2,1H3,(H2,14,18)(H,16,17). The third kappa shape index (κ3) is 4.20. The van der Waals surface area contributed by atoms with Crippen LogP contribution < -0.4 is 11.5 Å². The molecular weight excluding hydrogens is 250 g/mol. The highest BCUT2D eigenvalue weighted by Crippen LogP contribution is 2.22. The predicted octanol–water partition coefficient (Wildman–Crippen LogP) is -0.709. The summed E-state index contributed by atoms with van der Waals surface area (Å²) in [5, 5.41) is 8.58. The molecule has 1 saturated heterocycles. The Bertz CT molecular complexity index is 372. The van der Waals surface area contributed by atoms with E-state index in [-0.39, 0.29) is 37.3 Å². The first kappa shape index (κ1) is 15.4. The Morgan fingerprint density at radius 2 is 2.00 bits per heavy atom. The van der Waals surface area contributed by atoms with Gasteiger partial charge in [-0.2, -0.15) is 0 Å². The number of primary amides is 1. The fraction of sp³-hybridized carbons (Fsp3) is 0.750. The molecule has 1 fully saturated rings. The number of nitrogens with zero attached hydrogens (tertiary/aromatic N) is 1. The molecule has 0 bridgehead atoms. The Morgan fingerprint density at radius 3 is 2.53 bits per heavy atom. The van der Waals surface area contributed by atoms with Crippen LogP contribution in [0.5, 0.6) is 0 Å². The van der Waals surface area contributed by atoms with Gasteiger partial charge in [0.25, 0.3) is 0 Å². The highest BCUT2D eigenvalue weighted by atomic mass is 16.4. The largest absolute Gasteiger partial charge is 0.481 e. The monoisotopic (exact) mass is 271 g/mol. The quantitative estimate of drug-likeness (QED) is 0.609. The molecular formula is C12H21N3O4. The molecule has 1 rings (SSSR count). The second-order valence-electron chi connectivity index (χ2n) is 5.06. The van der Waals surface area contributed by atoms with Gasteiger partial charge in [0.2, 0.25) is 11.8 Å². The van der Waals surface area contributed by atoms with Crippen molar-refractivity contribution in [2.24, 2.45) is 17.4 Å². The molecule has 0 aromatic carbocycles. The van der Waals surface area contributed by atoms with Crippen LogP contribution in [-0.4, -0.2) is 46.4 Å². The van der Waals surface area contributed by atoms with Crippen molar-refractivity contribution in [1.29, 1.82) is 0 Å². The minimum absolute atomic E-state index is 0.000946. The SMILES string of the molecule is CC1CCC(C(N)=O)CN1C(=O)C(N)CCC(=O)O. The zero-order valence-corrected chi connectivity index (χ0v) is 11.0. The van der Waals surface area contributed by atoms with E-state index in [4.69, 9.17) is 16.6 Å². The van der Waals surface area contributed by atoms with Gasteiger partial charge in [0, 0.05) is 19.0 Å². The Morgan fingerprint density at radius 1 is 1.37 bits per heavy atom. The summed E-state index contributed by atoms with van der Waals surface area (Å²) < 4.78 is 0. The maximum atomic E-state index is 12.1.